The zero-order valence-corrected chi connectivity index (χ0v) is 19.3. The van der Waals surface area contributed by atoms with Crippen LogP contribution in [0.5, 0.6) is 5.88 Å². The van der Waals surface area contributed by atoms with Crippen molar-refractivity contribution < 1.29 is 27.5 Å². The molecular weight excluding hydrogens is 463 g/mol. The van der Waals surface area contributed by atoms with Gasteiger partial charge in [0.1, 0.15) is 0 Å². The highest BCUT2D eigenvalue weighted by molar-refractivity contribution is 5.96. The third-order valence-electron chi connectivity index (χ3n) is 5.14. The first kappa shape index (κ1) is 25.7. The Morgan fingerprint density at radius 2 is 1.66 bits per heavy atom. The number of benzene rings is 1. The predicted octanol–water partition coefficient (Wildman–Crippen LogP) is 4.01. The van der Waals surface area contributed by atoms with Crippen molar-refractivity contribution in [2.45, 2.75) is 39.0 Å². The number of rotatable bonds is 10. The number of halogens is 3. The Balaban J connectivity index is 1.56. The Labute approximate surface area is 200 Å². The van der Waals surface area contributed by atoms with Gasteiger partial charge in [0.05, 0.1) is 22.9 Å². The first-order valence-electron chi connectivity index (χ1n) is 11.1. The number of nitrogens with zero attached hydrogens (tertiary/aromatic N) is 3. The van der Waals surface area contributed by atoms with Gasteiger partial charge in [-0.15, -0.1) is 0 Å². The summed E-state index contributed by atoms with van der Waals surface area (Å²) in [6, 6.07) is 11.3. The average Bonchev–Trinajstić information content (AvgIpc) is 3.32. The normalized spacial score (nSPS) is 11.4. The number of aromatic nitrogens is 3. The van der Waals surface area contributed by atoms with Gasteiger partial charge in [0.25, 0.3) is 11.8 Å². The van der Waals surface area contributed by atoms with Crippen molar-refractivity contribution in [2.75, 3.05) is 13.1 Å². The van der Waals surface area contributed by atoms with Crippen LogP contribution in [0.25, 0.3) is 5.69 Å². The molecule has 0 spiro atoms. The fourth-order valence-electron chi connectivity index (χ4n) is 3.22. The van der Waals surface area contributed by atoms with Gasteiger partial charge >= 0.3 is 6.18 Å². The molecule has 0 bridgehead atoms. The topological polar surface area (TPSA) is 98.1 Å². The highest BCUT2D eigenvalue weighted by atomic mass is 19.4. The lowest BCUT2D eigenvalue weighted by molar-refractivity contribution is -0.141. The molecule has 3 aromatic rings. The number of amides is 2. The van der Waals surface area contributed by atoms with Crippen molar-refractivity contribution in [2.24, 2.45) is 0 Å². The largest absolute Gasteiger partial charge is 0.474 e. The lowest BCUT2D eigenvalue weighted by Gasteiger charge is -2.14. The molecule has 8 nitrogen and oxygen atoms in total. The number of ether oxygens (including phenoxy) is 1. The lowest BCUT2D eigenvalue weighted by Crippen LogP contribution is -2.35. The summed E-state index contributed by atoms with van der Waals surface area (Å²) in [5.41, 5.74) is -1.22. The van der Waals surface area contributed by atoms with E-state index in [1.165, 1.54) is 6.20 Å². The molecule has 2 heterocycles. The molecule has 0 atom stereocenters. The molecule has 0 saturated carbocycles. The van der Waals surface area contributed by atoms with Gasteiger partial charge in [-0.2, -0.15) is 18.3 Å². The van der Waals surface area contributed by atoms with Gasteiger partial charge in [0, 0.05) is 31.5 Å². The predicted molar refractivity (Wildman–Crippen MR) is 122 cm³/mol. The highest BCUT2D eigenvalue weighted by Gasteiger charge is 2.39. The number of hydrogen-bond acceptors (Lipinski definition) is 5. The highest BCUT2D eigenvalue weighted by Crippen LogP contribution is 2.31. The van der Waals surface area contributed by atoms with Crippen LogP contribution in [0.4, 0.5) is 13.2 Å². The summed E-state index contributed by atoms with van der Waals surface area (Å²) in [6.45, 7) is 3.94. The van der Waals surface area contributed by atoms with Crippen molar-refractivity contribution in [1.82, 2.24) is 25.4 Å². The minimum atomic E-state index is -4.81. The second kappa shape index (κ2) is 11.5. The summed E-state index contributed by atoms with van der Waals surface area (Å²) in [7, 11) is 0. The molecule has 0 aliphatic carbocycles. The van der Waals surface area contributed by atoms with Crippen molar-refractivity contribution in [1.29, 1.82) is 0 Å². The fraction of sp³-hybridized carbons (Fsp3) is 0.333. The molecule has 2 amide bonds. The Bertz CT molecular complexity index is 1130. The first-order valence-corrected chi connectivity index (χ1v) is 11.1. The Hall–Kier alpha value is -3.89. The number of alkyl halides is 3. The van der Waals surface area contributed by atoms with Gasteiger partial charge in [0.2, 0.25) is 5.88 Å². The third-order valence-corrected chi connectivity index (χ3v) is 5.14. The maximum Gasteiger partial charge on any atom is 0.435 e. The molecular formula is C24H26F3N5O3. The number of hydrogen-bond donors (Lipinski definition) is 2. The Morgan fingerprint density at radius 1 is 1.00 bits per heavy atom. The second-order valence-corrected chi connectivity index (χ2v) is 7.62. The fourth-order valence-corrected chi connectivity index (χ4v) is 3.22. The maximum absolute atomic E-state index is 13.4. The summed E-state index contributed by atoms with van der Waals surface area (Å²) in [5.74, 6) is -0.967. The van der Waals surface area contributed by atoms with Gasteiger partial charge < -0.3 is 15.4 Å². The Kier molecular flexibility index (Phi) is 8.45. The van der Waals surface area contributed by atoms with E-state index in [1.807, 2.05) is 13.8 Å². The van der Waals surface area contributed by atoms with E-state index in [-0.39, 0.29) is 24.8 Å². The number of carbonyl (C=O) groups is 2. The standard InChI is InChI=1S/C24H26F3N5O3/c1-3-18(4-2)35-20-11-10-16(14-30-20)22(33)28-12-13-29-23(34)19-15-32(17-8-6-5-7-9-17)31-21(19)24(25,26)27/h5-11,14-15,18H,3-4,12-13H2,1-2H3,(H,28,33)(H,29,34). The number of para-hydroxylation sites is 1. The molecule has 0 fully saturated rings. The van der Waals surface area contributed by atoms with E-state index in [0.29, 0.717) is 11.6 Å². The lowest BCUT2D eigenvalue weighted by atomic mass is 10.2. The van der Waals surface area contributed by atoms with Crippen molar-refractivity contribution in [3.63, 3.8) is 0 Å². The van der Waals surface area contributed by atoms with E-state index in [1.54, 1.807) is 42.5 Å². The Morgan fingerprint density at radius 3 is 2.23 bits per heavy atom. The quantitative estimate of drug-likeness (QED) is 0.420. The van der Waals surface area contributed by atoms with Gasteiger partial charge in [0.15, 0.2) is 5.69 Å². The van der Waals surface area contributed by atoms with Crippen LogP contribution < -0.4 is 15.4 Å². The SMILES string of the molecule is CCC(CC)Oc1ccc(C(=O)NCCNC(=O)c2cn(-c3ccccc3)nc2C(F)(F)F)cn1. The molecule has 35 heavy (non-hydrogen) atoms. The van der Waals surface area contributed by atoms with E-state index in [0.717, 1.165) is 23.7 Å². The minimum absolute atomic E-state index is 0.00470. The molecule has 186 valence electrons. The number of pyridine rings is 1. The smallest absolute Gasteiger partial charge is 0.435 e. The number of carbonyl (C=O) groups excluding carboxylic acids is 2. The first-order chi connectivity index (χ1) is 16.7. The maximum atomic E-state index is 13.4. The summed E-state index contributed by atoms with van der Waals surface area (Å²) < 4.78 is 47.0. The minimum Gasteiger partial charge on any atom is -0.474 e. The van der Waals surface area contributed by atoms with E-state index >= 15 is 0 Å². The van der Waals surface area contributed by atoms with Crippen LogP contribution in [0.1, 0.15) is 53.1 Å². The molecule has 2 aromatic heterocycles. The van der Waals surface area contributed by atoms with E-state index in [2.05, 4.69) is 20.7 Å². The zero-order chi connectivity index (χ0) is 25.4. The zero-order valence-electron chi connectivity index (χ0n) is 19.3. The molecule has 0 unspecified atom stereocenters. The average molecular weight is 489 g/mol. The summed E-state index contributed by atoms with van der Waals surface area (Å²) in [4.78, 5) is 28.9. The third kappa shape index (κ3) is 6.81. The van der Waals surface area contributed by atoms with Crippen molar-refractivity contribution in [3.8, 4) is 11.6 Å². The van der Waals surface area contributed by atoms with E-state index < -0.39 is 29.2 Å². The summed E-state index contributed by atoms with van der Waals surface area (Å²) in [5, 5.41) is 8.52. The van der Waals surface area contributed by atoms with Gasteiger partial charge in [-0.3, -0.25) is 9.59 Å². The van der Waals surface area contributed by atoms with Crippen LogP contribution in [0.2, 0.25) is 0 Å². The van der Waals surface area contributed by atoms with E-state index in [4.69, 9.17) is 4.74 Å². The molecule has 2 N–H and O–H groups in total. The molecule has 0 aliphatic rings. The molecule has 0 radical (unpaired) electrons. The molecule has 0 saturated heterocycles. The van der Waals surface area contributed by atoms with Crippen LogP contribution in [-0.2, 0) is 6.18 Å². The van der Waals surface area contributed by atoms with Crippen molar-refractivity contribution >= 4 is 11.8 Å². The molecule has 1 aromatic carbocycles. The van der Waals surface area contributed by atoms with Crippen LogP contribution in [0.15, 0.2) is 54.9 Å². The van der Waals surface area contributed by atoms with E-state index in [9.17, 15) is 22.8 Å². The summed E-state index contributed by atoms with van der Waals surface area (Å²) in [6.07, 6.45) is -0.684. The van der Waals surface area contributed by atoms with Gasteiger partial charge in [-0.1, -0.05) is 32.0 Å². The monoisotopic (exact) mass is 489 g/mol. The van der Waals surface area contributed by atoms with Crippen LogP contribution in [0, 0.1) is 0 Å². The molecule has 11 heteroatoms. The van der Waals surface area contributed by atoms with Gasteiger partial charge in [-0.05, 0) is 31.0 Å². The van der Waals surface area contributed by atoms with Crippen LogP contribution in [-0.4, -0.2) is 45.8 Å². The molecule has 0 aliphatic heterocycles. The molecule has 3 rings (SSSR count). The van der Waals surface area contributed by atoms with Crippen LogP contribution >= 0.6 is 0 Å². The summed E-state index contributed by atoms with van der Waals surface area (Å²) >= 11 is 0. The van der Waals surface area contributed by atoms with Crippen LogP contribution in [0.3, 0.4) is 0 Å². The van der Waals surface area contributed by atoms with Crippen molar-refractivity contribution in [3.05, 3.63) is 71.7 Å². The number of nitrogens with one attached hydrogen (secondary N) is 2. The second-order valence-electron chi connectivity index (χ2n) is 7.62. The van der Waals surface area contributed by atoms with Gasteiger partial charge in [-0.25, -0.2) is 9.67 Å².